The van der Waals surface area contributed by atoms with E-state index in [0.29, 0.717) is 6.61 Å². The van der Waals surface area contributed by atoms with Crippen molar-refractivity contribution in [3.8, 4) is 0 Å². The number of hydrogen-bond acceptors (Lipinski definition) is 2. The highest BCUT2D eigenvalue weighted by Gasteiger charge is 1.93. The molecule has 0 atom stereocenters. The molecule has 0 aromatic rings. The molecule has 0 heterocycles. The molecule has 130 valence electrons. The van der Waals surface area contributed by atoms with Crippen LogP contribution in [0.3, 0.4) is 0 Å². The van der Waals surface area contributed by atoms with Gasteiger partial charge in [0.05, 0.1) is 0 Å². The molecular weight excluding hydrogens is 260 g/mol. The number of aliphatic hydroxyl groups is 2. The third kappa shape index (κ3) is 33.0. The predicted octanol–water partition coefficient (Wildman–Crippen LogP) is 5.85. The van der Waals surface area contributed by atoms with E-state index in [2.05, 4.69) is 6.92 Å². The average molecular weight is 303 g/mol. The van der Waals surface area contributed by atoms with E-state index >= 15 is 0 Å². The van der Waals surface area contributed by atoms with Crippen molar-refractivity contribution < 1.29 is 10.2 Å². The molecule has 0 fully saturated rings. The summed E-state index contributed by atoms with van der Waals surface area (Å²) in [5.41, 5.74) is 0. The fraction of sp³-hybridized carbons (Fsp3) is 1.00. The van der Waals surface area contributed by atoms with Crippen LogP contribution in [0.25, 0.3) is 0 Å². The highest BCUT2D eigenvalue weighted by Crippen LogP contribution is 2.12. The van der Waals surface area contributed by atoms with Crippen LogP contribution in [-0.2, 0) is 0 Å². The monoisotopic (exact) mass is 302 g/mol. The summed E-state index contributed by atoms with van der Waals surface area (Å²) < 4.78 is 0. The molecule has 0 aliphatic heterocycles. The van der Waals surface area contributed by atoms with Crippen molar-refractivity contribution in [2.75, 3.05) is 6.61 Å². The van der Waals surface area contributed by atoms with Crippen molar-refractivity contribution in [1.29, 1.82) is 0 Å². The van der Waals surface area contributed by atoms with Gasteiger partial charge in [-0.15, -0.1) is 0 Å². The molecule has 21 heavy (non-hydrogen) atoms. The van der Waals surface area contributed by atoms with Gasteiger partial charge in [0.1, 0.15) is 0 Å². The number of aliphatic hydroxyl groups excluding tert-OH is 2. The van der Waals surface area contributed by atoms with E-state index in [0.717, 1.165) is 6.42 Å². The lowest BCUT2D eigenvalue weighted by atomic mass is 10.0. The van der Waals surface area contributed by atoms with Crippen molar-refractivity contribution in [3.63, 3.8) is 0 Å². The van der Waals surface area contributed by atoms with E-state index in [9.17, 15) is 0 Å². The molecule has 0 saturated heterocycles. The Labute approximate surface area is 134 Å². The van der Waals surface area contributed by atoms with Crippen molar-refractivity contribution in [2.24, 2.45) is 0 Å². The maximum atomic E-state index is 8.64. The molecule has 2 nitrogen and oxygen atoms in total. The fourth-order valence-corrected chi connectivity index (χ4v) is 2.31. The molecule has 0 bridgehead atoms. The van der Waals surface area contributed by atoms with E-state index in [4.69, 9.17) is 10.2 Å². The molecule has 0 aromatic heterocycles. The van der Waals surface area contributed by atoms with Gasteiger partial charge in [-0.1, -0.05) is 90.4 Å². The van der Waals surface area contributed by atoms with Gasteiger partial charge in [-0.2, -0.15) is 0 Å². The Hall–Kier alpha value is -0.0800. The average Bonchev–Trinajstić information content (AvgIpc) is 2.43. The minimum atomic E-state index is -0.167. The summed E-state index contributed by atoms with van der Waals surface area (Å²) in [6.45, 7) is 6.10. The van der Waals surface area contributed by atoms with Crippen molar-refractivity contribution in [3.05, 3.63) is 0 Å². The van der Waals surface area contributed by atoms with Crippen molar-refractivity contribution in [1.82, 2.24) is 0 Å². The number of unbranched alkanes of at least 4 members (excludes halogenated alkanes) is 13. The first-order chi connectivity index (χ1) is 10.1. The zero-order valence-corrected chi connectivity index (χ0v) is 15.1. The van der Waals surface area contributed by atoms with Crippen LogP contribution < -0.4 is 0 Å². The van der Waals surface area contributed by atoms with E-state index in [1.165, 1.54) is 83.5 Å². The molecular formula is C19H42O2. The van der Waals surface area contributed by atoms with E-state index < -0.39 is 0 Å². The lowest BCUT2D eigenvalue weighted by Crippen LogP contribution is -1.85. The number of rotatable bonds is 14. The second-order valence-electron chi connectivity index (χ2n) is 6.41. The van der Waals surface area contributed by atoms with Crippen LogP contribution in [-0.4, -0.2) is 22.9 Å². The smallest absolute Gasteiger partial charge is 0.0483 e. The predicted molar refractivity (Wildman–Crippen MR) is 94.8 cm³/mol. The Kier molecular flexibility index (Phi) is 24.5. The maximum Gasteiger partial charge on any atom is 0.0483 e. The summed E-state index contributed by atoms with van der Waals surface area (Å²) in [7, 11) is 0. The minimum Gasteiger partial charge on any atom is -0.396 e. The molecule has 0 radical (unpaired) electrons. The lowest BCUT2D eigenvalue weighted by molar-refractivity contribution is 0.216. The van der Waals surface area contributed by atoms with Crippen LogP contribution in [0.5, 0.6) is 0 Å². The van der Waals surface area contributed by atoms with Gasteiger partial charge in [-0.25, -0.2) is 0 Å². The zero-order chi connectivity index (χ0) is 16.2. The van der Waals surface area contributed by atoms with Crippen molar-refractivity contribution in [2.45, 2.75) is 117 Å². The summed E-state index contributed by atoms with van der Waals surface area (Å²) in [5.74, 6) is 0. The second-order valence-corrected chi connectivity index (χ2v) is 6.41. The molecule has 0 rings (SSSR count). The quantitative estimate of drug-likeness (QED) is 0.395. The Morgan fingerprint density at radius 1 is 0.571 bits per heavy atom. The summed E-state index contributed by atoms with van der Waals surface area (Å²) in [6.07, 6.45) is 19.0. The van der Waals surface area contributed by atoms with Crippen LogP contribution in [0.2, 0.25) is 0 Å². The molecule has 0 unspecified atom stereocenters. The van der Waals surface area contributed by atoms with Crippen molar-refractivity contribution >= 4 is 0 Å². The minimum absolute atomic E-state index is 0.167. The van der Waals surface area contributed by atoms with E-state index in [1.807, 2.05) is 0 Å². The normalized spacial score (nSPS) is 10.6. The van der Waals surface area contributed by atoms with Gasteiger partial charge in [0.15, 0.2) is 0 Å². The zero-order valence-electron chi connectivity index (χ0n) is 15.1. The molecule has 0 amide bonds. The number of hydrogen-bond donors (Lipinski definition) is 2. The first-order valence-corrected chi connectivity index (χ1v) is 9.44. The maximum absolute atomic E-state index is 8.64. The van der Waals surface area contributed by atoms with Crippen LogP contribution in [0.15, 0.2) is 0 Å². The topological polar surface area (TPSA) is 40.5 Å². The summed E-state index contributed by atoms with van der Waals surface area (Å²) in [6, 6.07) is 0. The van der Waals surface area contributed by atoms with Gasteiger partial charge in [-0.05, 0) is 20.3 Å². The first-order valence-electron chi connectivity index (χ1n) is 9.44. The molecule has 0 saturated carbocycles. The van der Waals surface area contributed by atoms with Gasteiger partial charge in [0.2, 0.25) is 0 Å². The summed E-state index contributed by atoms with van der Waals surface area (Å²) in [4.78, 5) is 0. The van der Waals surface area contributed by atoms with E-state index in [-0.39, 0.29) is 6.10 Å². The molecule has 0 aliphatic carbocycles. The van der Waals surface area contributed by atoms with Gasteiger partial charge >= 0.3 is 0 Å². The second kappa shape index (κ2) is 22.2. The first kappa shape index (κ1) is 23.2. The molecule has 0 aromatic carbocycles. The Bertz CT molecular complexity index is 141. The molecule has 0 aliphatic rings. The lowest BCUT2D eigenvalue weighted by Gasteiger charge is -2.02. The fourth-order valence-electron chi connectivity index (χ4n) is 2.31. The highest BCUT2D eigenvalue weighted by molar-refractivity contribution is 4.48. The molecule has 0 spiro atoms. The van der Waals surface area contributed by atoms with Crippen LogP contribution >= 0.6 is 0 Å². The SMILES string of the molecule is CC(C)O.CCCCCCCCCCCCCCCCO. The molecule has 2 N–H and O–H groups in total. The van der Waals surface area contributed by atoms with E-state index in [1.54, 1.807) is 13.8 Å². The highest BCUT2D eigenvalue weighted by atomic mass is 16.3. The Balaban J connectivity index is 0. The summed E-state index contributed by atoms with van der Waals surface area (Å²) >= 11 is 0. The Morgan fingerprint density at radius 3 is 1.05 bits per heavy atom. The third-order valence-electron chi connectivity index (χ3n) is 3.51. The molecule has 2 heteroatoms. The van der Waals surface area contributed by atoms with Crippen LogP contribution in [0, 0.1) is 0 Å². The standard InChI is InChI=1S/C16H34O.C3H8O/c1-2-3-4-5-6-7-8-9-10-11-12-13-14-15-16-17;1-3(2)4/h17H,2-16H2,1H3;3-4H,1-2H3. The summed E-state index contributed by atoms with van der Waals surface area (Å²) in [5, 5.41) is 16.7. The third-order valence-corrected chi connectivity index (χ3v) is 3.51. The van der Waals surface area contributed by atoms with Gasteiger partial charge in [-0.3, -0.25) is 0 Å². The van der Waals surface area contributed by atoms with Crippen LogP contribution in [0.1, 0.15) is 111 Å². The Morgan fingerprint density at radius 2 is 0.810 bits per heavy atom. The largest absolute Gasteiger partial charge is 0.396 e. The van der Waals surface area contributed by atoms with Crippen LogP contribution in [0.4, 0.5) is 0 Å². The van der Waals surface area contributed by atoms with Gasteiger partial charge < -0.3 is 10.2 Å². The van der Waals surface area contributed by atoms with Gasteiger partial charge in [0, 0.05) is 12.7 Å². The van der Waals surface area contributed by atoms with Gasteiger partial charge in [0.25, 0.3) is 0 Å².